The van der Waals surface area contributed by atoms with Gasteiger partial charge >= 0.3 is 6.18 Å². The van der Waals surface area contributed by atoms with Crippen molar-refractivity contribution in [3.05, 3.63) is 35.4 Å². The molecule has 2 rings (SSSR count). The van der Waals surface area contributed by atoms with Crippen LogP contribution in [0.3, 0.4) is 0 Å². The molecule has 0 bridgehead atoms. The number of benzene rings is 1. The predicted octanol–water partition coefficient (Wildman–Crippen LogP) is 3.42. The highest BCUT2D eigenvalue weighted by Crippen LogP contribution is 2.33. The number of nitrogens with one attached hydrogen (secondary N) is 1. The molecule has 1 aromatic rings. The Bertz CT molecular complexity index is 369. The largest absolute Gasteiger partial charge is 0.416 e. The summed E-state index contributed by atoms with van der Waals surface area (Å²) in [4.78, 5) is 0. The highest BCUT2D eigenvalue weighted by Gasteiger charge is 2.30. The molecule has 2 atom stereocenters. The molecule has 0 aliphatic carbocycles. The second-order valence-electron chi connectivity index (χ2n) is 4.70. The minimum Gasteiger partial charge on any atom is -0.316 e. The summed E-state index contributed by atoms with van der Waals surface area (Å²) in [5, 5.41) is 3.29. The van der Waals surface area contributed by atoms with E-state index in [9.17, 15) is 13.2 Å². The van der Waals surface area contributed by atoms with Crippen LogP contribution in [0.2, 0.25) is 0 Å². The number of alkyl halides is 3. The summed E-state index contributed by atoms with van der Waals surface area (Å²) in [6.45, 7) is 4.01. The smallest absolute Gasteiger partial charge is 0.316 e. The Hall–Kier alpha value is -1.03. The maximum Gasteiger partial charge on any atom is 0.416 e. The molecule has 0 spiro atoms. The van der Waals surface area contributed by atoms with Crippen molar-refractivity contribution in [3.63, 3.8) is 0 Å². The summed E-state index contributed by atoms with van der Waals surface area (Å²) < 4.78 is 37.3. The molecule has 17 heavy (non-hydrogen) atoms. The van der Waals surface area contributed by atoms with Crippen molar-refractivity contribution < 1.29 is 13.2 Å². The summed E-state index contributed by atoms with van der Waals surface area (Å²) in [5.74, 6) is 0.846. The second-order valence-corrected chi connectivity index (χ2v) is 4.70. The molecule has 1 aliphatic rings. The van der Waals surface area contributed by atoms with E-state index in [2.05, 4.69) is 12.2 Å². The van der Waals surface area contributed by atoms with Gasteiger partial charge < -0.3 is 5.32 Å². The molecule has 1 heterocycles. The molecule has 1 nitrogen and oxygen atoms in total. The van der Waals surface area contributed by atoms with Crippen LogP contribution in [0.1, 0.15) is 30.4 Å². The molecule has 1 saturated heterocycles. The molecule has 0 amide bonds. The Morgan fingerprint density at radius 1 is 1.18 bits per heavy atom. The number of halogens is 3. The van der Waals surface area contributed by atoms with Gasteiger partial charge in [-0.2, -0.15) is 13.2 Å². The molecular formula is C13H16F3N. The van der Waals surface area contributed by atoms with Gasteiger partial charge in [0.1, 0.15) is 0 Å². The Kier molecular flexibility index (Phi) is 3.43. The average Bonchev–Trinajstić information content (AvgIpc) is 2.29. The normalized spacial score (nSPS) is 25.9. The van der Waals surface area contributed by atoms with Gasteiger partial charge in [0.25, 0.3) is 0 Å². The zero-order valence-corrected chi connectivity index (χ0v) is 9.72. The molecule has 1 N–H and O–H groups in total. The lowest BCUT2D eigenvalue weighted by Crippen LogP contribution is -2.33. The van der Waals surface area contributed by atoms with Gasteiger partial charge in [-0.25, -0.2) is 0 Å². The fraction of sp³-hybridized carbons (Fsp3) is 0.538. The van der Waals surface area contributed by atoms with Gasteiger partial charge in [0.2, 0.25) is 0 Å². The Morgan fingerprint density at radius 3 is 2.35 bits per heavy atom. The molecule has 0 saturated carbocycles. The Labute approximate surface area is 99.0 Å². The summed E-state index contributed by atoms with van der Waals surface area (Å²) in [6.07, 6.45) is -3.25. The molecule has 1 fully saturated rings. The third-order valence-corrected chi connectivity index (χ3v) is 3.45. The fourth-order valence-electron chi connectivity index (χ4n) is 2.43. The highest BCUT2D eigenvalue weighted by atomic mass is 19.4. The molecule has 0 aromatic heterocycles. The van der Waals surface area contributed by atoms with E-state index in [0.29, 0.717) is 11.8 Å². The monoisotopic (exact) mass is 243 g/mol. The van der Waals surface area contributed by atoms with Crippen molar-refractivity contribution in [3.8, 4) is 0 Å². The fourth-order valence-corrected chi connectivity index (χ4v) is 2.43. The van der Waals surface area contributed by atoms with E-state index in [1.165, 1.54) is 12.1 Å². The first kappa shape index (κ1) is 12.4. The zero-order chi connectivity index (χ0) is 12.5. The lowest BCUT2D eigenvalue weighted by atomic mass is 9.82. The summed E-state index contributed by atoms with van der Waals surface area (Å²) in [6, 6.07) is 5.61. The van der Waals surface area contributed by atoms with E-state index in [4.69, 9.17) is 0 Å². The van der Waals surface area contributed by atoms with Crippen LogP contribution in [-0.4, -0.2) is 13.1 Å². The van der Waals surface area contributed by atoms with Crippen molar-refractivity contribution in [2.75, 3.05) is 13.1 Å². The van der Waals surface area contributed by atoms with Crippen LogP contribution in [0, 0.1) is 5.92 Å². The summed E-state index contributed by atoms with van der Waals surface area (Å²) in [7, 11) is 0. The molecule has 0 unspecified atom stereocenters. The van der Waals surface area contributed by atoms with E-state index in [-0.39, 0.29) is 0 Å². The van der Waals surface area contributed by atoms with Crippen molar-refractivity contribution >= 4 is 0 Å². The lowest BCUT2D eigenvalue weighted by molar-refractivity contribution is -0.137. The summed E-state index contributed by atoms with van der Waals surface area (Å²) >= 11 is 0. The predicted molar refractivity (Wildman–Crippen MR) is 60.8 cm³/mol. The van der Waals surface area contributed by atoms with Gasteiger partial charge in [0.05, 0.1) is 5.56 Å². The first-order valence-corrected chi connectivity index (χ1v) is 5.86. The van der Waals surface area contributed by atoms with E-state index in [0.717, 1.165) is 25.1 Å². The number of hydrogen-bond acceptors (Lipinski definition) is 1. The Morgan fingerprint density at radius 2 is 1.82 bits per heavy atom. The van der Waals surface area contributed by atoms with E-state index >= 15 is 0 Å². The first-order valence-electron chi connectivity index (χ1n) is 5.86. The van der Waals surface area contributed by atoms with Crippen LogP contribution in [-0.2, 0) is 6.18 Å². The molecule has 94 valence electrons. The highest BCUT2D eigenvalue weighted by molar-refractivity contribution is 5.27. The van der Waals surface area contributed by atoms with Crippen molar-refractivity contribution in [1.82, 2.24) is 5.32 Å². The maximum atomic E-state index is 12.4. The quantitative estimate of drug-likeness (QED) is 0.797. The second kappa shape index (κ2) is 4.69. The molecule has 0 radical (unpaired) electrons. The van der Waals surface area contributed by atoms with Crippen LogP contribution in [0.15, 0.2) is 24.3 Å². The van der Waals surface area contributed by atoms with Gasteiger partial charge in [0, 0.05) is 0 Å². The number of rotatable bonds is 1. The molecule has 1 aliphatic heterocycles. The van der Waals surface area contributed by atoms with Crippen LogP contribution < -0.4 is 5.32 Å². The first-order chi connectivity index (χ1) is 7.98. The number of hydrogen-bond donors (Lipinski definition) is 1. The molecule has 1 aromatic carbocycles. The average molecular weight is 243 g/mol. The van der Waals surface area contributed by atoms with Crippen LogP contribution >= 0.6 is 0 Å². The van der Waals surface area contributed by atoms with Crippen LogP contribution in [0.5, 0.6) is 0 Å². The van der Waals surface area contributed by atoms with Gasteiger partial charge in [0.15, 0.2) is 0 Å². The maximum absolute atomic E-state index is 12.4. The van der Waals surface area contributed by atoms with Gasteiger partial charge in [-0.3, -0.25) is 0 Å². The van der Waals surface area contributed by atoms with E-state index in [1.807, 2.05) is 0 Å². The number of piperidine rings is 1. The van der Waals surface area contributed by atoms with Crippen molar-refractivity contribution in [2.24, 2.45) is 5.92 Å². The van der Waals surface area contributed by atoms with E-state index in [1.54, 1.807) is 12.1 Å². The van der Waals surface area contributed by atoms with Gasteiger partial charge in [-0.15, -0.1) is 0 Å². The lowest BCUT2D eigenvalue weighted by Gasteiger charge is -2.30. The third-order valence-electron chi connectivity index (χ3n) is 3.45. The zero-order valence-electron chi connectivity index (χ0n) is 9.72. The van der Waals surface area contributed by atoms with Gasteiger partial charge in [-0.1, -0.05) is 19.1 Å². The molecule has 4 heteroatoms. The van der Waals surface area contributed by atoms with Crippen LogP contribution in [0.25, 0.3) is 0 Å². The minimum atomic E-state index is -4.24. The minimum absolute atomic E-state index is 0.374. The van der Waals surface area contributed by atoms with Crippen LogP contribution in [0.4, 0.5) is 13.2 Å². The standard InChI is InChI=1S/C13H16F3N/c1-9-8-17-7-6-12(9)10-2-4-11(5-3-10)13(14,15)16/h2-5,9,12,17H,6-8H2,1H3/t9-,12+/m0/s1. The van der Waals surface area contributed by atoms with Crippen molar-refractivity contribution in [2.45, 2.75) is 25.4 Å². The van der Waals surface area contributed by atoms with Gasteiger partial charge in [-0.05, 0) is 49.0 Å². The SMILES string of the molecule is C[C@H]1CNCC[C@H]1c1ccc(C(F)(F)F)cc1. The molecular weight excluding hydrogens is 227 g/mol. The third kappa shape index (κ3) is 2.80. The van der Waals surface area contributed by atoms with E-state index < -0.39 is 11.7 Å². The van der Waals surface area contributed by atoms with Crippen molar-refractivity contribution in [1.29, 1.82) is 0 Å². The summed E-state index contributed by atoms with van der Waals surface area (Å²) in [5.41, 5.74) is 0.454. The Balaban J connectivity index is 2.17. The topological polar surface area (TPSA) is 12.0 Å².